The highest BCUT2D eigenvalue weighted by Gasteiger charge is 2.50. The number of benzene rings is 11. The smallest absolute Gasteiger partial charge is 0.0726 e. The quantitative estimate of drug-likeness (QED) is 0.171. The van der Waals surface area contributed by atoms with E-state index in [-0.39, 0.29) is 0 Å². The van der Waals surface area contributed by atoms with Crippen LogP contribution in [0.5, 0.6) is 0 Å². The lowest BCUT2D eigenvalue weighted by molar-refractivity contribution is 0.775. The lowest BCUT2D eigenvalue weighted by Gasteiger charge is -2.36. The molecule has 1 nitrogen and oxygen atoms in total. The Morgan fingerprint density at radius 3 is 1.04 bits per heavy atom. The summed E-state index contributed by atoms with van der Waals surface area (Å²) in [6, 6.07) is 97.5. The number of rotatable bonds is 3. The van der Waals surface area contributed by atoms with Crippen LogP contribution in [-0.2, 0) is 5.41 Å². The third-order valence-corrected chi connectivity index (χ3v) is 14.9. The molecule has 0 amide bonds. The number of para-hydroxylation sites is 1. The summed E-state index contributed by atoms with van der Waals surface area (Å²) >= 11 is 0. The molecule has 0 radical (unpaired) electrons. The summed E-state index contributed by atoms with van der Waals surface area (Å²) in [6.07, 6.45) is 0. The molecule has 0 atom stereocenters. The first kappa shape index (κ1) is 38.5. The molecule has 0 bridgehead atoms. The van der Waals surface area contributed by atoms with Crippen LogP contribution >= 0.6 is 0 Å². The molecule has 0 N–H and O–H groups in total. The maximum atomic E-state index is 2.56. The largest absolute Gasteiger partial charge is 0.309 e. The highest BCUT2D eigenvalue weighted by molar-refractivity contribution is 6.28. The minimum absolute atomic E-state index is 0.610. The van der Waals surface area contributed by atoms with Gasteiger partial charge in [0, 0.05) is 16.6 Å². The lowest BCUT2D eigenvalue weighted by Crippen LogP contribution is -2.29. The van der Waals surface area contributed by atoms with E-state index in [9.17, 15) is 0 Å². The van der Waals surface area contributed by atoms with E-state index >= 15 is 0 Å². The van der Waals surface area contributed by atoms with E-state index in [1.807, 2.05) is 0 Å². The maximum Gasteiger partial charge on any atom is 0.0726 e. The van der Waals surface area contributed by atoms with Crippen LogP contribution in [0.2, 0.25) is 0 Å². The number of anilines is 3. The molecule has 2 aliphatic rings. The van der Waals surface area contributed by atoms with Crippen molar-refractivity contribution >= 4 is 70.9 Å². The van der Waals surface area contributed by atoms with Crippen LogP contribution in [0.25, 0.3) is 87.2 Å². The number of hydrogen-bond acceptors (Lipinski definition) is 1. The van der Waals surface area contributed by atoms with Crippen molar-refractivity contribution in [2.45, 2.75) is 5.41 Å². The van der Waals surface area contributed by atoms with Gasteiger partial charge in [-0.15, -0.1) is 0 Å². The first-order valence-electron chi connectivity index (χ1n) is 23.7. The highest BCUT2D eigenvalue weighted by atomic mass is 15.1. The van der Waals surface area contributed by atoms with E-state index < -0.39 is 5.41 Å². The van der Waals surface area contributed by atoms with Crippen LogP contribution in [0.15, 0.2) is 261 Å². The summed E-state index contributed by atoms with van der Waals surface area (Å²) < 4.78 is 0. The van der Waals surface area contributed by atoms with Crippen LogP contribution < -0.4 is 4.90 Å². The fraction of sp³-hybridized carbons (Fsp3) is 0.0149. The Balaban J connectivity index is 1.17. The van der Waals surface area contributed by atoms with Crippen molar-refractivity contribution in [3.63, 3.8) is 0 Å². The van der Waals surface area contributed by atoms with Gasteiger partial charge in [0.25, 0.3) is 0 Å². The van der Waals surface area contributed by atoms with Crippen LogP contribution in [0.1, 0.15) is 22.3 Å². The standard InChI is InChI=1S/C67H43N/c1-2-22-44(23-3-1)68(63-42-20-37-57-53-31-11-8-28-49(53)47-25-5-4-24-45(47)46-26-6-7-27-48(46)52-32-12-13-35-56(52)65(57)63)64-43-21-41-62-66(64)58-36-16-19-40-61(58)67(62)59-38-17-14-33-54(59)50-29-9-10-30-51(50)55-34-15-18-39-60(55)67/h1-43H. The van der Waals surface area contributed by atoms with E-state index in [1.54, 1.807) is 0 Å². The van der Waals surface area contributed by atoms with Crippen molar-refractivity contribution in [3.8, 4) is 33.4 Å². The van der Waals surface area contributed by atoms with E-state index in [0.29, 0.717) is 0 Å². The van der Waals surface area contributed by atoms with Crippen molar-refractivity contribution in [2.75, 3.05) is 4.90 Å². The Labute approximate surface area is 395 Å². The van der Waals surface area contributed by atoms with Gasteiger partial charge in [0.2, 0.25) is 0 Å². The zero-order valence-corrected chi connectivity index (χ0v) is 37.3. The van der Waals surface area contributed by atoms with Crippen molar-refractivity contribution in [1.29, 1.82) is 0 Å². The molecule has 68 heavy (non-hydrogen) atoms. The molecule has 0 saturated carbocycles. The molecule has 0 aromatic heterocycles. The van der Waals surface area contributed by atoms with Crippen molar-refractivity contribution in [2.24, 2.45) is 0 Å². The Morgan fingerprint density at radius 2 is 0.544 bits per heavy atom. The second kappa shape index (κ2) is 15.1. The minimum Gasteiger partial charge on any atom is -0.309 e. The molecule has 1 heteroatoms. The predicted molar refractivity (Wildman–Crippen MR) is 288 cm³/mol. The SMILES string of the molecule is c1ccc(N(c2cccc3c2-c2ccccc2C32c3ccccc3-c3ccccc3-c3ccccc32)c2cccc3c4ccccc4c4ccccc4c4ccccc4c4ccccc4c23)cc1. The summed E-state index contributed by atoms with van der Waals surface area (Å²) in [6.45, 7) is 0. The van der Waals surface area contributed by atoms with E-state index in [0.717, 1.165) is 17.1 Å². The molecule has 0 saturated heterocycles. The molecule has 0 aliphatic heterocycles. The Hall–Kier alpha value is -8.78. The summed E-state index contributed by atoms with van der Waals surface area (Å²) in [5, 5.41) is 12.1. The Bertz CT molecular complexity index is 3950. The van der Waals surface area contributed by atoms with Gasteiger partial charge in [-0.2, -0.15) is 0 Å². The molecule has 2 aliphatic carbocycles. The van der Waals surface area contributed by atoms with Crippen molar-refractivity contribution < 1.29 is 0 Å². The molecule has 12 aromatic carbocycles. The van der Waals surface area contributed by atoms with Gasteiger partial charge >= 0.3 is 0 Å². The summed E-state index contributed by atoms with van der Waals surface area (Å²) in [7, 11) is 0. The number of hydrogen-bond donors (Lipinski definition) is 0. The van der Waals surface area contributed by atoms with Crippen LogP contribution in [0.3, 0.4) is 0 Å². The van der Waals surface area contributed by atoms with Crippen LogP contribution in [-0.4, -0.2) is 0 Å². The number of fused-ring (bicyclic) bond motifs is 22. The molecular formula is C67H43N. The number of nitrogens with zero attached hydrogens (tertiary/aromatic N) is 1. The minimum atomic E-state index is -0.610. The molecule has 12 aromatic rings. The van der Waals surface area contributed by atoms with E-state index in [2.05, 4.69) is 266 Å². The van der Waals surface area contributed by atoms with Gasteiger partial charge in [0.05, 0.1) is 16.8 Å². The summed E-state index contributed by atoms with van der Waals surface area (Å²) in [5.74, 6) is 0. The second-order valence-electron chi connectivity index (χ2n) is 18.2. The summed E-state index contributed by atoms with van der Waals surface area (Å²) in [5.41, 5.74) is 15.5. The Morgan fingerprint density at radius 1 is 0.221 bits per heavy atom. The molecule has 316 valence electrons. The third-order valence-electron chi connectivity index (χ3n) is 14.9. The van der Waals surface area contributed by atoms with Crippen molar-refractivity contribution in [3.05, 3.63) is 283 Å². The van der Waals surface area contributed by atoms with E-state index in [4.69, 9.17) is 0 Å². The molecule has 0 fully saturated rings. The van der Waals surface area contributed by atoms with Crippen molar-refractivity contribution in [1.82, 2.24) is 0 Å². The first-order valence-corrected chi connectivity index (χ1v) is 23.7. The normalized spacial score (nSPS) is 12.8. The molecular weight excluding hydrogens is 819 g/mol. The molecule has 14 rings (SSSR count). The fourth-order valence-electron chi connectivity index (χ4n) is 12.3. The van der Waals surface area contributed by atoms with Crippen LogP contribution in [0, 0.1) is 0 Å². The van der Waals surface area contributed by atoms with Gasteiger partial charge in [0.15, 0.2) is 0 Å². The second-order valence-corrected chi connectivity index (χ2v) is 18.2. The average Bonchev–Trinajstić information content (AvgIpc) is 3.66. The third kappa shape index (κ3) is 5.39. The van der Waals surface area contributed by atoms with Crippen LogP contribution in [0.4, 0.5) is 17.1 Å². The van der Waals surface area contributed by atoms with Gasteiger partial charge in [-0.05, 0) is 123 Å². The predicted octanol–water partition coefficient (Wildman–Crippen LogP) is 18.1. The van der Waals surface area contributed by atoms with Gasteiger partial charge in [-0.1, -0.05) is 237 Å². The maximum absolute atomic E-state index is 2.56. The highest BCUT2D eigenvalue weighted by Crippen LogP contribution is 2.63. The monoisotopic (exact) mass is 861 g/mol. The average molecular weight is 862 g/mol. The lowest BCUT2D eigenvalue weighted by atomic mass is 9.66. The topological polar surface area (TPSA) is 3.24 Å². The Kier molecular flexibility index (Phi) is 8.57. The zero-order valence-electron chi connectivity index (χ0n) is 37.3. The van der Waals surface area contributed by atoms with E-state index in [1.165, 1.54) is 109 Å². The van der Waals surface area contributed by atoms with Gasteiger partial charge in [-0.25, -0.2) is 0 Å². The zero-order chi connectivity index (χ0) is 44.8. The van der Waals surface area contributed by atoms with Gasteiger partial charge in [-0.3, -0.25) is 0 Å². The summed E-state index contributed by atoms with van der Waals surface area (Å²) in [4.78, 5) is 2.56. The molecule has 1 spiro atoms. The van der Waals surface area contributed by atoms with Gasteiger partial charge in [0.1, 0.15) is 0 Å². The molecule has 0 heterocycles. The van der Waals surface area contributed by atoms with Gasteiger partial charge < -0.3 is 4.90 Å². The molecule has 0 unspecified atom stereocenters. The first-order chi connectivity index (χ1) is 33.8. The fourth-order valence-corrected chi connectivity index (χ4v) is 12.3.